The summed E-state index contributed by atoms with van der Waals surface area (Å²) < 4.78 is 27.1. The van der Waals surface area contributed by atoms with Crippen LogP contribution in [-0.2, 0) is 0 Å². The van der Waals surface area contributed by atoms with Gasteiger partial charge in [0.15, 0.2) is 0 Å². The number of hydrogen-bond donors (Lipinski definition) is 1. The molecule has 0 aliphatic carbocycles. The minimum atomic E-state index is -0.762. The summed E-state index contributed by atoms with van der Waals surface area (Å²) in [6.07, 6.45) is 0. The van der Waals surface area contributed by atoms with E-state index in [-0.39, 0.29) is 11.3 Å². The molecule has 0 saturated carbocycles. The normalized spacial score (nSPS) is 11.5. The van der Waals surface area contributed by atoms with Crippen molar-refractivity contribution in [1.29, 1.82) is 0 Å². The minimum absolute atomic E-state index is 0.124. The van der Waals surface area contributed by atoms with Crippen molar-refractivity contribution in [3.63, 3.8) is 0 Å². The lowest BCUT2D eigenvalue weighted by molar-refractivity contribution is 0.319. The fourth-order valence-corrected chi connectivity index (χ4v) is 1.57. The average Bonchev–Trinajstić information content (AvgIpc) is 2.35. The first kappa shape index (κ1) is 11.3. The topological polar surface area (TPSA) is 32.6 Å². The Morgan fingerprint density at radius 3 is 2.00 bits per heavy atom. The number of oxime groups is 1. The molecule has 0 saturated heterocycles. The Morgan fingerprint density at radius 1 is 0.882 bits per heavy atom. The van der Waals surface area contributed by atoms with Crippen LogP contribution in [-0.4, -0.2) is 10.9 Å². The maximum absolute atomic E-state index is 13.5. The molecule has 2 aromatic carbocycles. The Hall–Kier alpha value is -2.23. The molecule has 0 radical (unpaired) electrons. The molecule has 0 aromatic heterocycles. The molecule has 0 bridgehead atoms. The van der Waals surface area contributed by atoms with Crippen molar-refractivity contribution in [2.45, 2.75) is 0 Å². The van der Waals surface area contributed by atoms with Gasteiger partial charge in [-0.15, -0.1) is 0 Å². The third-order valence-corrected chi connectivity index (χ3v) is 2.35. The first-order valence-electron chi connectivity index (χ1n) is 4.96. The van der Waals surface area contributed by atoms with Crippen LogP contribution in [0.1, 0.15) is 11.1 Å². The zero-order valence-electron chi connectivity index (χ0n) is 8.77. The van der Waals surface area contributed by atoms with Crippen LogP contribution in [0.3, 0.4) is 0 Å². The third-order valence-electron chi connectivity index (χ3n) is 2.35. The van der Waals surface area contributed by atoms with E-state index in [1.54, 1.807) is 30.3 Å². The van der Waals surface area contributed by atoms with Crippen LogP contribution in [0.4, 0.5) is 8.78 Å². The Labute approximate surface area is 96.8 Å². The highest BCUT2D eigenvalue weighted by atomic mass is 19.1. The summed E-state index contributed by atoms with van der Waals surface area (Å²) in [7, 11) is 0. The van der Waals surface area contributed by atoms with Gasteiger partial charge in [0.2, 0.25) is 0 Å². The highest BCUT2D eigenvalue weighted by Crippen LogP contribution is 2.17. The van der Waals surface area contributed by atoms with Crippen molar-refractivity contribution in [3.05, 3.63) is 71.3 Å². The Morgan fingerprint density at radius 2 is 1.47 bits per heavy atom. The summed E-state index contributed by atoms with van der Waals surface area (Å²) >= 11 is 0. The molecule has 0 fully saturated rings. The molecule has 1 N–H and O–H groups in total. The van der Waals surface area contributed by atoms with Gasteiger partial charge in [-0.05, 0) is 12.1 Å². The molecule has 17 heavy (non-hydrogen) atoms. The second-order valence-corrected chi connectivity index (χ2v) is 3.41. The van der Waals surface area contributed by atoms with E-state index in [0.717, 1.165) is 12.1 Å². The standard InChI is InChI=1S/C13H9F2NO/c14-10-7-4-8-11(15)12(10)13(16-17)9-5-2-1-3-6-9/h1-8,17H/b16-13+. The molecule has 2 nitrogen and oxygen atoms in total. The smallest absolute Gasteiger partial charge is 0.135 e. The zero-order chi connectivity index (χ0) is 12.3. The van der Waals surface area contributed by atoms with E-state index in [2.05, 4.69) is 5.16 Å². The third kappa shape index (κ3) is 2.15. The number of benzene rings is 2. The Balaban J connectivity index is 2.59. The van der Waals surface area contributed by atoms with E-state index in [1.807, 2.05) is 0 Å². The summed E-state index contributed by atoms with van der Waals surface area (Å²) in [6, 6.07) is 11.9. The van der Waals surface area contributed by atoms with E-state index >= 15 is 0 Å². The lowest BCUT2D eigenvalue weighted by Gasteiger charge is -2.07. The van der Waals surface area contributed by atoms with Crippen molar-refractivity contribution in [3.8, 4) is 0 Å². The number of nitrogens with zero attached hydrogens (tertiary/aromatic N) is 1. The van der Waals surface area contributed by atoms with Crippen molar-refractivity contribution < 1.29 is 14.0 Å². The average molecular weight is 233 g/mol. The van der Waals surface area contributed by atoms with Crippen molar-refractivity contribution in [1.82, 2.24) is 0 Å². The van der Waals surface area contributed by atoms with Crippen LogP contribution in [0.5, 0.6) is 0 Å². The second-order valence-electron chi connectivity index (χ2n) is 3.41. The highest BCUT2D eigenvalue weighted by Gasteiger charge is 2.17. The van der Waals surface area contributed by atoms with Gasteiger partial charge < -0.3 is 5.21 Å². The Bertz CT molecular complexity index is 532. The quantitative estimate of drug-likeness (QED) is 0.482. The monoisotopic (exact) mass is 233 g/mol. The molecule has 2 aromatic rings. The van der Waals surface area contributed by atoms with Crippen molar-refractivity contribution in [2.24, 2.45) is 5.16 Å². The first-order chi connectivity index (χ1) is 8.24. The molecule has 86 valence electrons. The largest absolute Gasteiger partial charge is 0.410 e. The lowest BCUT2D eigenvalue weighted by atomic mass is 10.0. The molecule has 4 heteroatoms. The van der Waals surface area contributed by atoms with Gasteiger partial charge in [-0.25, -0.2) is 8.78 Å². The first-order valence-corrected chi connectivity index (χ1v) is 4.96. The van der Waals surface area contributed by atoms with Gasteiger partial charge in [-0.3, -0.25) is 0 Å². The highest BCUT2D eigenvalue weighted by molar-refractivity contribution is 6.12. The summed E-state index contributed by atoms with van der Waals surface area (Å²) in [5, 5.41) is 11.9. The van der Waals surface area contributed by atoms with E-state index in [0.29, 0.717) is 5.56 Å². The van der Waals surface area contributed by atoms with Crippen LogP contribution in [0.25, 0.3) is 0 Å². The van der Waals surface area contributed by atoms with Crippen LogP contribution in [0.2, 0.25) is 0 Å². The fraction of sp³-hybridized carbons (Fsp3) is 0. The molecule has 0 heterocycles. The van der Waals surface area contributed by atoms with Crippen LogP contribution in [0, 0.1) is 11.6 Å². The minimum Gasteiger partial charge on any atom is -0.410 e. The number of halogens is 2. The molecular weight excluding hydrogens is 224 g/mol. The Kier molecular flexibility index (Phi) is 3.14. The van der Waals surface area contributed by atoms with Gasteiger partial charge in [-0.1, -0.05) is 41.6 Å². The molecule has 2 rings (SSSR count). The van der Waals surface area contributed by atoms with Crippen LogP contribution < -0.4 is 0 Å². The lowest BCUT2D eigenvalue weighted by Crippen LogP contribution is -2.08. The van der Waals surface area contributed by atoms with Crippen LogP contribution in [0.15, 0.2) is 53.7 Å². The maximum atomic E-state index is 13.5. The van der Waals surface area contributed by atoms with Gasteiger partial charge in [0.25, 0.3) is 0 Å². The van der Waals surface area contributed by atoms with Gasteiger partial charge >= 0.3 is 0 Å². The second kappa shape index (κ2) is 4.74. The van der Waals surface area contributed by atoms with E-state index in [4.69, 9.17) is 5.21 Å². The van der Waals surface area contributed by atoms with E-state index in [1.165, 1.54) is 6.07 Å². The number of hydrogen-bond acceptors (Lipinski definition) is 2. The summed E-state index contributed by atoms with van der Waals surface area (Å²) in [5.41, 5.74) is -0.0126. The molecule has 0 spiro atoms. The van der Waals surface area contributed by atoms with E-state index < -0.39 is 11.6 Å². The maximum Gasteiger partial charge on any atom is 0.135 e. The van der Waals surface area contributed by atoms with Gasteiger partial charge in [0.05, 0.1) is 5.56 Å². The predicted molar refractivity (Wildman–Crippen MR) is 60.2 cm³/mol. The molecular formula is C13H9F2NO. The van der Waals surface area contributed by atoms with Gasteiger partial charge in [0.1, 0.15) is 17.3 Å². The van der Waals surface area contributed by atoms with Gasteiger partial charge in [-0.2, -0.15) is 0 Å². The van der Waals surface area contributed by atoms with Gasteiger partial charge in [0, 0.05) is 5.56 Å². The number of rotatable bonds is 2. The summed E-state index contributed by atoms with van der Waals surface area (Å²) in [5.74, 6) is -1.52. The van der Waals surface area contributed by atoms with Crippen molar-refractivity contribution >= 4 is 5.71 Å². The van der Waals surface area contributed by atoms with Crippen molar-refractivity contribution in [2.75, 3.05) is 0 Å². The SMILES string of the molecule is O/N=C(\c1ccccc1)c1c(F)cccc1F. The predicted octanol–water partition coefficient (Wildman–Crippen LogP) is 3.19. The van der Waals surface area contributed by atoms with E-state index in [9.17, 15) is 8.78 Å². The molecule has 0 amide bonds. The summed E-state index contributed by atoms with van der Waals surface area (Å²) in [6.45, 7) is 0. The van der Waals surface area contributed by atoms with Crippen LogP contribution >= 0.6 is 0 Å². The zero-order valence-corrected chi connectivity index (χ0v) is 8.77. The molecule has 0 atom stereocenters. The fourth-order valence-electron chi connectivity index (χ4n) is 1.57. The molecule has 0 unspecified atom stereocenters. The molecule has 0 aliphatic rings. The summed E-state index contributed by atoms with van der Waals surface area (Å²) in [4.78, 5) is 0. The molecule has 0 aliphatic heterocycles.